The molecule has 0 aromatic rings. The van der Waals surface area contributed by atoms with Gasteiger partial charge in [0, 0.05) is 6.42 Å². The summed E-state index contributed by atoms with van der Waals surface area (Å²) >= 11 is 0. The van der Waals surface area contributed by atoms with Gasteiger partial charge in [-0.2, -0.15) is 0 Å². The van der Waals surface area contributed by atoms with E-state index < -0.39 is 11.9 Å². The Bertz CT molecular complexity index is 183. The van der Waals surface area contributed by atoms with Gasteiger partial charge in [-0.15, -0.1) is 0 Å². The second-order valence-electron chi connectivity index (χ2n) is 2.80. The third kappa shape index (κ3) is 2.33. The minimum absolute atomic E-state index is 0.219. The predicted molar refractivity (Wildman–Crippen MR) is 41.0 cm³/mol. The Hall–Kier alpha value is -0.850. The molecule has 1 heterocycles. The van der Waals surface area contributed by atoms with Crippen molar-refractivity contribution in [3.05, 3.63) is 0 Å². The highest BCUT2D eigenvalue weighted by Gasteiger charge is 2.31. The van der Waals surface area contributed by atoms with E-state index in [9.17, 15) is 4.79 Å². The lowest BCUT2D eigenvalue weighted by Crippen LogP contribution is -2.61. The smallest absolute Gasteiger partial charge is 0.430 e. The van der Waals surface area contributed by atoms with Gasteiger partial charge < -0.3 is 20.9 Å². The Balaban J connectivity index is 2.36. The summed E-state index contributed by atoms with van der Waals surface area (Å²) in [4.78, 5) is 10.5. The molecular formula is C6H13N3O3. The molecule has 1 aliphatic heterocycles. The largest absolute Gasteiger partial charge is 0.508 e. The molecule has 5 N–H and O–H groups in total. The van der Waals surface area contributed by atoms with E-state index in [-0.39, 0.29) is 12.7 Å². The summed E-state index contributed by atoms with van der Waals surface area (Å²) in [5, 5.41) is 2.69. The number of carbonyl (C=O) groups excluding carboxylic acids is 1. The first-order valence-corrected chi connectivity index (χ1v) is 3.63. The zero-order valence-corrected chi connectivity index (χ0v) is 6.87. The lowest BCUT2D eigenvalue weighted by atomic mass is 10.1. The average molecular weight is 175 g/mol. The number of hydrogen-bond donors (Lipinski definition) is 3. The number of rotatable bonds is 3. The third-order valence-corrected chi connectivity index (χ3v) is 1.68. The van der Waals surface area contributed by atoms with Crippen molar-refractivity contribution in [2.45, 2.75) is 18.3 Å². The molecule has 1 atom stereocenters. The zero-order valence-electron chi connectivity index (χ0n) is 6.87. The fraction of sp³-hybridized carbons (Fsp3) is 0.833. The average Bonchev–Trinajstić information content (AvgIpc) is 2.35. The van der Waals surface area contributed by atoms with E-state index in [1.807, 2.05) is 0 Å². The molecule has 1 aliphatic rings. The SMILES string of the molecule is CNC(N)(N)CC1COC(=O)O1. The van der Waals surface area contributed by atoms with Crippen molar-refractivity contribution in [3.8, 4) is 0 Å². The Morgan fingerprint density at radius 2 is 2.42 bits per heavy atom. The number of hydrogen-bond acceptors (Lipinski definition) is 6. The topological polar surface area (TPSA) is 99.6 Å². The maximum atomic E-state index is 10.5. The van der Waals surface area contributed by atoms with Gasteiger partial charge in [0.2, 0.25) is 0 Å². The van der Waals surface area contributed by atoms with Gasteiger partial charge in [0.25, 0.3) is 0 Å². The van der Waals surface area contributed by atoms with Crippen LogP contribution in [0.2, 0.25) is 0 Å². The molecule has 1 saturated heterocycles. The fourth-order valence-corrected chi connectivity index (χ4v) is 0.944. The molecular weight excluding hydrogens is 162 g/mol. The summed E-state index contributed by atoms with van der Waals surface area (Å²) in [6, 6.07) is 0. The van der Waals surface area contributed by atoms with Crippen LogP contribution in [0.4, 0.5) is 4.79 Å². The van der Waals surface area contributed by atoms with Crippen molar-refractivity contribution in [1.29, 1.82) is 0 Å². The molecule has 0 bridgehead atoms. The number of ether oxygens (including phenoxy) is 2. The van der Waals surface area contributed by atoms with E-state index in [4.69, 9.17) is 16.2 Å². The molecule has 1 rings (SSSR count). The van der Waals surface area contributed by atoms with Crippen LogP contribution < -0.4 is 16.8 Å². The normalized spacial score (nSPS) is 23.6. The van der Waals surface area contributed by atoms with Gasteiger partial charge in [-0.05, 0) is 7.05 Å². The van der Waals surface area contributed by atoms with Crippen molar-refractivity contribution in [3.63, 3.8) is 0 Å². The van der Waals surface area contributed by atoms with E-state index >= 15 is 0 Å². The molecule has 6 nitrogen and oxygen atoms in total. The Morgan fingerprint density at radius 3 is 2.83 bits per heavy atom. The summed E-state index contributed by atoms with van der Waals surface area (Å²) in [6.45, 7) is 0.219. The van der Waals surface area contributed by atoms with Gasteiger partial charge in [-0.3, -0.25) is 5.32 Å². The summed E-state index contributed by atoms with van der Waals surface area (Å²) in [6.07, 6.45) is -0.679. The van der Waals surface area contributed by atoms with Crippen molar-refractivity contribution >= 4 is 6.16 Å². The van der Waals surface area contributed by atoms with Crippen molar-refractivity contribution < 1.29 is 14.3 Å². The summed E-state index contributed by atoms with van der Waals surface area (Å²) in [5.41, 5.74) is 11.1. The molecule has 0 spiro atoms. The zero-order chi connectivity index (χ0) is 9.19. The number of carbonyl (C=O) groups is 1. The fourth-order valence-electron chi connectivity index (χ4n) is 0.944. The van der Waals surface area contributed by atoms with E-state index in [0.717, 1.165) is 0 Å². The van der Waals surface area contributed by atoms with Crippen molar-refractivity contribution in [1.82, 2.24) is 5.32 Å². The second kappa shape index (κ2) is 3.26. The van der Waals surface area contributed by atoms with Crippen LogP contribution in [0.15, 0.2) is 0 Å². The molecule has 0 amide bonds. The Morgan fingerprint density at radius 1 is 1.75 bits per heavy atom. The minimum Gasteiger partial charge on any atom is -0.430 e. The van der Waals surface area contributed by atoms with Crippen LogP contribution >= 0.6 is 0 Å². The molecule has 1 unspecified atom stereocenters. The molecule has 0 aromatic carbocycles. The predicted octanol–water partition coefficient (Wildman–Crippen LogP) is -1.30. The van der Waals surface area contributed by atoms with E-state index in [1.54, 1.807) is 7.05 Å². The second-order valence-corrected chi connectivity index (χ2v) is 2.80. The van der Waals surface area contributed by atoms with Crippen LogP contribution in [0.25, 0.3) is 0 Å². The standard InChI is InChI=1S/C6H13N3O3/c1-9-6(7,8)2-4-3-11-5(10)12-4/h4,9H,2-3,7-8H2,1H3. The third-order valence-electron chi connectivity index (χ3n) is 1.68. The quantitative estimate of drug-likeness (QED) is 0.364. The lowest BCUT2D eigenvalue weighted by Gasteiger charge is -2.25. The number of cyclic esters (lactones) is 2. The molecule has 6 heteroatoms. The molecule has 0 aromatic heterocycles. The van der Waals surface area contributed by atoms with Crippen LogP contribution in [0.5, 0.6) is 0 Å². The van der Waals surface area contributed by atoms with Crippen LogP contribution in [-0.4, -0.2) is 31.7 Å². The maximum Gasteiger partial charge on any atom is 0.508 e. The lowest BCUT2D eigenvalue weighted by molar-refractivity contribution is 0.105. The highest BCUT2D eigenvalue weighted by atomic mass is 16.8. The van der Waals surface area contributed by atoms with Gasteiger partial charge in [0.15, 0.2) is 0 Å². The van der Waals surface area contributed by atoms with E-state index in [0.29, 0.717) is 6.42 Å². The number of nitrogens with two attached hydrogens (primary N) is 2. The molecule has 0 radical (unpaired) electrons. The van der Waals surface area contributed by atoms with E-state index in [2.05, 4.69) is 10.1 Å². The minimum atomic E-state index is -1.02. The first-order chi connectivity index (χ1) is 5.53. The van der Waals surface area contributed by atoms with Gasteiger partial charge in [0.05, 0.1) is 0 Å². The molecule has 70 valence electrons. The highest BCUT2D eigenvalue weighted by molar-refractivity contribution is 5.61. The van der Waals surface area contributed by atoms with Crippen molar-refractivity contribution in [2.24, 2.45) is 11.5 Å². The van der Waals surface area contributed by atoms with Crippen LogP contribution in [0.1, 0.15) is 6.42 Å². The van der Waals surface area contributed by atoms with Crippen molar-refractivity contribution in [2.75, 3.05) is 13.7 Å². The highest BCUT2D eigenvalue weighted by Crippen LogP contribution is 2.12. The Labute approximate surface area is 70.2 Å². The van der Waals surface area contributed by atoms with Crippen LogP contribution in [-0.2, 0) is 9.47 Å². The first-order valence-electron chi connectivity index (χ1n) is 3.63. The van der Waals surface area contributed by atoms with E-state index in [1.165, 1.54) is 0 Å². The Kier molecular flexibility index (Phi) is 2.51. The van der Waals surface area contributed by atoms with Gasteiger partial charge in [-0.1, -0.05) is 0 Å². The molecule has 0 aliphatic carbocycles. The summed E-state index contributed by atoms with van der Waals surface area (Å²) < 4.78 is 9.29. The molecule has 1 fully saturated rings. The van der Waals surface area contributed by atoms with Gasteiger partial charge in [0.1, 0.15) is 18.5 Å². The van der Waals surface area contributed by atoms with Gasteiger partial charge in [-0.25, -0.2) is 4.79 Å². The molecule has 0 saturated carbocycles. The number of nitrogens with one attached hydrogen (secondary N) is 1. The summed E-state index contributed by atoms with van der Waals surface area (Å²) in [5.74, 6) is -1.02. The maximum absolute atomic E-state index is 10.5. The van der Waals surface area contributed by atoms with Crippen LogP contribution in [0, 0.1) is 0 Å². The van der Waals surface area contributed by atoms with Gasteiger partial charge >= 0.3 is 6.16 Å². The monoisotopic (exact) mass is 175 g/mol. The molecule has 12 heavy (non-hydrogen) atoms. The summed E-state index contributed by atoms with van der Waals surface area (Å²) in [7, 11) is 1.64. The first kappa shape index (κ1) is 9.24. The van der Waals surface area contributed by atoms with Crippen LogP contribution in [0.3, 0.4) is 0 Å².